The minimum atomic E-state index is -0.811. The number of aliphatic hydroxyl groups excluding tert-OH is 2. The average molecular weight is 851 g/mol. The molecular formula is C46H42FNO14. The first-order valence-electron chi connectivity index (χ1n) is 19.9. The van der Waals surface area contributed by atoms with E-state index in [0.29, 0.717) is 67.9 Å². The van der Waals surface area contributed by atoms with E-state index in [4.69, 9.17) is 37.9 Å². The molecule has 15 nitrogen and oxygen atoms in total. The van der Waals surface area contributed by atoms with Crippen LogP contribution in [-0.2, 0) is 13.2 Å². The number of nitrogens with zero attached hydrogens (tertiary/aromatic N) is 1. The maximum Gasteiger partial charge on any atom is 0.287 e. The lowest BCUT2D eigenvalue weighted by Crippen LogP contribution is -2.44. The van der Waals surface area contributed by atoms with E-state index in [1.807, 2.05) is 39.8 Å². The van der Waals surface area contributed by atoms with Crippen LogP contribution in [0.4, 0.5) is 10.1 Å². The number of carbonyl (C=O) groups excluding carboxylic acids is 2. The molecule has 0 bridgehead atoms. The molecule has 0 radical (unpaired) electrons. The molecule has 62 heavy (non-hydrogen) atoms. The van der Waals surface area contributed by atoms with Gasteiger partial charge in [-0.25, -0.2) is 4.39 Å². The molecule has 4 unspecified atom stereocenters. The smallest absolute Gasteiger partial charge is 0.287 e. The van der Waals surface area contributed by atoms with Crippen LogP contribution in [0.3, 0.4) is 0 Å². The molecule has 10 rings (SSSR count). The quantitative estimate of drug-likeness (QED) is 0.154. The van der Waals surface area contributed by atoms with Gasteiger partial charge in [-0.2, -0.15) is 0 Å². The van der Waals surface area contributed by atoms with Crippen LogP contribution in [0.15, 0.2) is 48.6 Å². The summed E-state index contributed by atoms with van der Waals surface area (Å²) in [5.41, 5.74) is 1.41. The molecule has 6 aliphatic rings. The van der Waals surface area contributed by atoms with Gasteiger partial charge in [-0.15, -0.1) is 0 Å². The molecule has 0 aromatic heterocycles. The summed E-state index contributed by atoms with van der Waals surface area (Å²) in [6, 6.07) is 9.08. The summed E-state index contributed by atoms with van der Waals surface area (Å²) < 4.78 is 61.5. The van der Waals surface area contributed by atoms with Gasteiger partial charge < -0.3 is 48.1 Å². The van der Waals surface area contributed by atoms with Gasteiger partial charge in [0.1, 0.15) is 94.0 Å². The maximum atomic E-state index is 15.1. The van der Waals surface area contributed by atoms with Crippen molar-refractivity contribution in [1.82, 2.24) is 0 Å². The predicted octanol–water partition coefficient (Wildman–Crippen LogP) is 7.03. The minimum Gasteiger partial charge on any atom is -0.496 e. The number of ketones is 2. The fraction of sp³-hybridized carbons (Fsp3) is 0.348. The van der Waals surface area contributed by atoms with Crippen LogP contribution in [0.25, 0.3) is 12.2 Å². The molecule has 4 atom stereocenters. The third-order valence-electron chi connectivity index (χ3n) is 11.7. The summed E-state index contributed by atoms with van der Waals surface area (Å²) in [6.45, 7) is 7.11. The molecule has 0 aliphatic carbocycles. The Labute approximate surface area is 354 Å². The van der Waals surface area contributed by atoms with Crippen LogP contribution in [0, 0.1) is 15.9 Å². The lowest BCUT2D eigenvalue weighted by atomic mass is 9.80. The fourth-order valence-corrected chi connectivity index (χ4v) is 8.77. The number of ether oxygens (including phenoxy) is 8. The van der Waals surface area contributed by atoms with Crippen molar-refractivity contribution in [3.8, 4) is 46.0 Å². The molecule has 16 heteroatoms. The molecule has 0 spiro atoms. The van der Waals surface area contributed by atoms with Crippen molar-refractivity contribution in [2.45, 2.75) is 76.2 Å². The van der Waals surface area contributed by atoms with Crippen molar-refractivity contribution < 1.29 is 67.0 Å². The molecule has 0 fully saturated rings. The van der Waals surface area contributed by atoms with Crippen molar-refractivity contribution in [3.05, 3.63) is 109 Å². The van der Waals surface area contributed by atoms with E-state index in [1.54, 1.807) is 36.4 Å². The van der Waals surface area contributed by atoms with Crippen molar-refractivity contribution in [2.24, 2.45) is 0 Å². The third kappa shape index (κ3) is 6.55. The highest BCUT2D eigenvalue weighted by molar-refractivity contribution is 6.10. The zero-order valence-electron chi connectivity index (χ0n) is 34.5. The first-order chi connectivity index (χ1) is 29.6. The molecule has 0 saturated carbocycles. The Kier molecular flexibility index (Phi) is 9.70. The van der Waals surface area contributed by atoms with Crippen molar-refractivity contribution >= 4 is 29.4 Å². The molecule has 0 amide bonds. The zero-order chi connectivity index (χ0) is 44.0. The van der Waals surface area contributed by atoms with Gasteiger partial charge in [0.15, 0.2) is 11.6 Å². The number of nitro benzene ring substituents is 1. The Bertz CT molecular complexity index is 2670. The number of halogens is 1. The highest BCUT2D eigenvalue weighted by Gasteiger charge is 2.49. The Balaban J connectivity index is 0.000000158. The summed E-state index contributed by atoms with van der Waals surface area (Å²) >= 11 is 0. The summed E-state index contributed by atoms with van der Waals surface area (Å²) in [6.07, 6.45) is 5.94. The molecular weight excluding hydrogens is 808 g/mol. The van der Waals surface area contributed by atoms with Gasteiger partial charge in [-0.3, -0.25) is 19.7 Å². The number of Topliss-reactive ketones (excluding diaryl/α,β-unsaturated/α-hetero) is 2. The number of rotatable bonds is 5. The van der Waals surface area contributed by atoms with E-state index in [-0.39, 0.29) is 60.5 Å². The highest BCUT2D eigenvalue weighted by atomic mass is 18.2. The van der Waals surface area contributed by atoms with E-state index < -0.39 is 51.8 Å². The third-order valence-corrected chi connectivity index (χ3v) is 11.7. The average Bonchev–Trinajstić information content (AvgIpc) is 3.23. The van der Waals surface area contributed by atoms with Crippen molar-refractivity contribution in [2.75, 3.05) is 27.4 Å². The van der Waals surface area contributed by atoms with E-state index in [9.17, 15) is 29.9 Å². The van der Waals surface area contributed by atoms with Crippen LogP contribution in [0.5, 0.6) is 46.0 Å². The first-order valence-corrected chi connectivity index (χ1v) is 19.9. The normalized spacial score (nSPS) is 22.1. The maximum absolute atomic E-state index is 15.1. The number of fused-ring (bicyclic) bond motifs is 12. The molecule has 2 N–H and O–H groups in total. The molecule has 6 heterocycles. The second-order valence-corrected chi connectivity index (χ2v) is 16.7. The number of carbonyl (C=O) groups is 2. The Morgan fingerprint density at radius 2 is 1.16 bits per heavy atom. The number of nitro groups is 1. The summed E-state index contributed by atoms with van der Waals surface area (Å²) in [7, 11) is 2.94. The summed E-state index contributed by atoms with van der Waals surface area (Å²) in [5, 5.41) is 31.1. The van der Waals surface area contributed by atoms with Crippen LogP contribution in [-0.4, -0.2) is 77.5 Å². The van der Waals surface area contributed by atoms with E-state index >= 15 is 4.39 Å². The van der Waals surface area contributed by atoms with Crippen LogP contribution in [0.2, 0.25) is 0 Å². The molecule has 6 aliphatic heterocycles. The number of hydrogen-bond acceptors (Lipinski definition) is 14. The number of aliphatic hydroxyl groups is 2. The van der Waals surface area contributed by atoms with E-state index in [2.05, 4.69) is 0 Å². The first kappa shape index (κ1) is 40.7. The summed E-state index contributed by atoms with van der Waals surface area (Å²) in [5.74, 6) is -0.344. The van der Waals surface area contributed by atoms with Gasteiger partial charge in [0.2, 0.25) is 0 Å². The topological polar surface area (TPSA) is 192 Å². The van der Waals surface area contributed by atoms with Crippen LogP contribution < -0.4 is 37.9 Å². The van der Waals surface area contributed by atoms with Crippen LogP contribution >= 0.6 is 0 Å². The Hall–Kier alpha value is -6.65. The molecule has 4 aromatic rings. The lowest BCUT2D eigenvalue weighted by Gasteiger charge is -2.39. The molecule has 4 aromatic carbocycles. The van der Waals surface area contributed by atoms with Gasteiger partial charge in [-0.1, -0.05) is 0 Å². The van der Waals surface area contributed by atoms with Crippen molar-refractivity contribution in [3.63, 3.8) is 0 Å². The Morgan fingerprint density at radius 3 is 1.61 bits per heavy atom. The predicted molar refractivity (Wildman–Crippen MR) is 219 cm³/mol. The second-order valence-electron chi connectivity index (χ2n) is 16.7. The largest absolute Gasteiger partial charge is 0.496 e. The lowest BCUT2D eigenvalue weighted by molar-refractivity contribution is -0.385. The van der Waals surface area contributed by atoms with Gasteiger partial charge in [0, 0.05) is 28.3 Å². The Morgan fingerprint density at radius 1 is 0.710 bits per heavy atom. The van der Waals surface area contributed by atoms with E-state index in [1.165, 1.54) is 26.4 Å². The minimum absolute atomic E-state index is 0.0770. The van der Waals surface area contributed by atoms with Gasteiger partial charge in [0.05, 0.1) is 66.9 Å². The van der Waals surface area contributed by atoms with Crippen molar-refractivity contribution in [1.29, 1.82) is 0 Å². The highest BCUT2D eigenvalue weighted by Crippen LogP contribution is 2.53. The second kappa shape index (κ2) is 14.8. The van der Waals surface area contributed by atoms with Gasteiger partial charge in [-0.05, 0) is 76.3 Å². The van der Waals surface area contributed by atoms with E-state index in [0.717, 1.165) is 0 Å². The van der Waals surface area contributed by atoms with Gasteiger partial charge >= 0.3 is 0 Å². The standard InChI is InChI=1S/C23H21FO6.C23H21NO8/c1-23(2)5-4-12-17(30-23)8-14(24)20-21(26)19-13-7-15(27-3)11(9-25)6-16(13)28-10-18(19)29-22(12)20;1-23(2)5-4-12-17(32-23)8-14(24(27)28)20-21(26)19-13-7-15(29-3)11(9-25)6-16(13)30-10-18(19)31-22(12)20/h4-8,18-19,25H,9-10H2,1-3H3;4-8,18-19,25H,9-10H2,1-3H3/i24-1;. The monoisotopic (exact) mass is 850 g/mol. The number of methoxy groups -OCH3 is 2. The molecule has 322 valence electrons. The SMILES string of the molecule is COc1cc2c(cc1CO)OCC1Oc3c4c(cc([18F])c3C(=O)C21)OC(C)(C)C=C4.COc1cc2c(cc1CO)OCC1Oc3c4c(cc([N+](=O)[O-])c3C(=O)C21)OC(C)(C)C=C4. The van der Waals surface area contributed by atoms with Crippen LogP contribution in [0.1, 0.15) is 93.6 Å². The number of hydrogen-bond donors (Lipinski definition) is 2. The number of benzene rings is 4. The van der Waals surface area contributed by atoms with Gasteiger partial charge in [0.25, 0.3) is 5.69 Å². The zero-order valence-corrected chi connectivity index (χ0v) is 34.5. The summed E-state index contributed by atoms with van der Waals surface area (Å²) in [4.78, 5) is 38.5. The molecule has 0 saturated heterocycles. The fourth-order valence-electron chi connectivity index (χ4n) is 8.77.